The fourth-order valence-electron chi connectivity index (χ4n) is 3.36. The summed E-state index contributed by atoms with van der Waals surface area (Å²) in [6, 6.07) is 6.16. The summed E-state index contributed by atoms with van der Waals surface area (Å²) in [7, 11) is 0. The molecule has 1 N–H and O–H groups in total. The average molecular weight is 361 g/mol. The second kappa shape index (κ2) is 9.57. The molecule has 1 aliphatic heterocycles. The monoisotopic (exact) mass is 361 g/mol. The first-order valence-electron chi connectivity index (χ1n) is 9.50. The third kappa shape index (κ3) is 4.97. The molecule has 0 aromatic heterocycles. The number of hydrogen-bond donors (Lipinski definition) is 1. The highest BCUT2D eigenvalue weighted by molar-refractivity contribution is 5.92. The lowest BCUT2D eigenvalue weighted by molar-refractivity contribution is -0.130. The van der Waals surface area contributed by atoms with Gasteiger partial charge >= 0.3 is 0 Å². The molecule has 1 saturated heterocycles. The topological polar surface area (TPSA) is 61.9 Å². The van der Waals surface area contributed by atoms with Crippen molar-refractivity contribution < 1.29 is 14.3 Å². The Hall–Kier alpha value is -2.08. The minimum absolute atomic E-state index is 0.0324. The van der Waals surface area contributed by atoms with Gasteiger partial charge in [-0.05, 0) is 57.4 Å². The van der Waals surface area contributed by atoms with Crippen LogP contribution in [0.5, 0.6) is 0 Å². The highest BCUT2D eigenvalue weighted by atomic mass is 16.5. The minimum Gasteiger partial charge on any atom is -0.372 e. The molecule has 0 saturated carbocycles. The van der Waals surface area contributed by atoms with E-state index in [1.807, 2.05) is 13.0 Å². The summed E-state index contributed by atoms with van der Waals surface area (Å²) in [5.41, 5.74) is 3.10. The molecule has 0 spiro atoms. The van der Waals surface area contributed by atoms with Gasteiger partial charge in [0.1, 0.15) is 6.10 Å². The zero-order valence-electron chi connectivity index (χ0n) is 16.4. The molecule has 1 atom stereocenters. The van der Waals surface area contributed by atoms with Crippen LogP contribution in [0.15, 0.2) is 18.2 Å². The van der Waals surface area contributed by atoms with Crippen LogP contribution in [0.4, 0.5) is 11.4 Å². The quantitative estimate of drug-likeness (QED) is 0.773. The number of rotatable bonds is 8. The summed E-state index contributed by atoms with van der Waals surface area (Å²) in [6.07, 6.45) is 1.36. The van der Waals surface area contributed by atoms with Crippen molar-refractivity contribution in [2.75, 3.05) is 42.6 Å². The summed E-state index contributed by atoms with van der Waals surface area (Å²) in [6.45, 7) is 11.2. The van der Waals surface area contributed by atoms with Gasteiger partial charge in [-0.3, -0.25) is 9.59 Å². The zero-order chi connectivity index (χ0) is 19.1. The molecule has 144 valence electrons. The number of carbonyl (C=O) groups excluding carboxylic acids is 2. The highest BCUT2D eigenvalue weighted by Crippen LogP contribution is 2.26. The number of hydrogen-bond acceptors (Lipinski definition) is 4. The number of aryl methyl sites for hydroxylation is 1. The van der Waals surface area contributed by atoms with E-state index >= 15 is 0 Å². The van der Waals surface area contributed by atoms with E-state index in [1.165, 1.54) is 0 Å². The molecular formula is C20H31N3O3. The molecule has 1 heterocycles. The van der Waals surface area contributed by atoms with E-state index in [1.54, 1.807) is 11.8 Å². The molecular weight excluding hydrogens is 330 g/mol. The van der Waals surface area contributed by atoms with Gasteiger partial charge < -0.3 is 19.9 Å². The molecule has 26 heavy (non-hydrogen) atoms. The summed E-state index contributed by atoms with van der Waals surface area (Å²) >= 11 is 0. The average Bonchev–Trinajstić information content (AvgIpc) is 3.15. The van der Waals surface area contributed by atoms with Crippen molar-refractivity contribution in [2.24, 2.45) is 0 Å². The number of ether oxygens (including phenoxy) is 1. The molecule has 6 nitrogen and oxygen atoms in total. The maximum absolute atomic E-state index is 12.1. The number of carbonyl (C=O) groups is 2. The Morgan fingerprint density at radius 3 is 2.54 bits per heavy atom. The van der Waals surface area contributed by atoms with Crippen LogP contribution in [-0.4, -0.2) is 50.7 Å². The van der Waals surface area contributed by atoms with E-state index in [-0.39, 0.29) is 17.9 Å². The van der Waals surface area contributed by atoms with Gasteiger partial charge in [-0.2, -0.15) is 0 Å². The smallest absolute Gasteiger partial charge is 0.249 e. The van der Waals surface area contributed by atoms with E-state index in [4.69, 9.17) is 4.74 Å². The molecule has 2 amide bonds. The van der Waals surface area contributed by atoms with E-state index in [0.29, 0.717) is 19.7 Å². The Kier molecular flexibility index (Phi) is 7.45. The summed E-state index contributed by atoms with van der Waals surface area (Å²) < 4.78 is 5.38. The maximum atomic E-state index is 12.1. The molecule has 2 rings (SSSR count). The number of nitrogens with zero attached hydrogens (tertiary/aromatic N) is 2. The molecule has 6 heteroatoms. The van der Waals surface area contributed by atoms with Crippen molar-refractivity contribution in [1.29, 1.82) is 0 Å². The van der Waals surface area contributed by atoms with Crippen molar-refractivity contribution in [3.63, 3.8) is 0 Å². The Balaban J connectivity index is 2.02. The van der Waals surface area contributed by atoms with Crippen LogP contribution < -0.4 is 15.1 Å². The molecule has 1 aromatic carbocycles. The zero-order valence-corrected chi connectivity index (χ0v) is 16.4. The fourth-order valence-corrected chi connectivity index (χ4v) is 3.36. The van der Waals surface area contributed by atoms with Crippen molar-refractivity contribution >= 4 is 23.2 Å². The number of amides is 2. The predicted molar refractivity (Wildman–Crippen MR) is 105 cm³/mol. The minimum atomic E-state index is -0.337. The van der Waals surface area contributed by atoms with E-state index in [2.05, 4.69) is 36.2 Å². The van der Waals surface area contributed by atoms with Gasteiger partial charge in [-0.1, -0.05) is 0 Å². The Labute approximate surface area is 156 Å². The summed E-state index contributed by atoms with van der Waals surface area (Å²) in [5.74, 6) is -0.116. The second-order valence-electron chi connectivity index (χ2n) is 6.61. The third-order valence-electron chi connectivity index (χ3n) is 4.84. The van der Waals surface area contributed by atoms with Crippen LogP contribution >= 0.6 is 0 Å². The largest absolute Gasteiger partial charge is 0.372 e. The lowest BCUT2D eigenvalue weighted by Gasteiger charge is -2.26. The Morgan fingerprint density at radius 1 is 1.27 bits per heavy atom. The van der Waals surface area contributed by atoms with Crippen molar-refractivity contribution in [1.82, 2.24) is 5.32 Å². The van der Waals surface area contributed by atoms with Crippen LogP contribution in [0.3, 0.4) is 0 Å². The van der Waals surface area contributed by atoms with E-state index in [0.717, 1.165) is 42.9 Å². The van der Waals surface area contributed by atoms with Gasteiger partial charge in [0.25, 0.3) is 0 Å². The fraction of sp³-hybridized carbons (Fsp3) is 0.600. The normalized spacial score (nSPS) is 16.4. The van der Waals surface area contributed by atoms with Crippen LogP contribution in [0.25, 0.3) is 0 Å². The second-order valence-corrected chi connectivity index (χ2v) is 6.61. The van der Waals surface area contributed by atoms with Crippen LogP contribution in [-0.2, 0) is 14.3 Å². The Morgan fingerprint density at radius 2 is 2.00 bits per heavy atom. The van der Waals surface area contributed by atoms with Gasteiger partial charge in [0, 0.05) is 51.1 Å². The number of benzene rings is 1. The van der Waals surface area contributed by atoms with Crippen LogP contribution in [0, 0.1) is 6.92 Å². The van der Waals surface area contributed by atoms with E-state index in [9.17, 15) is 9.59 Å². The molecule has 0 bridgehead atoms. The third-order valence-corrected chi connectivity index (χ3v) is 4.84. The molecule has 0 aliphatic carbocycles. The van der Waals surface area contributed by atoms with Gasteiger partial charge in [0.05, 0.1) is 0 Å². The molecule has 1 unspecified atom stereocenters. The molecule has 1 aliphatic rings. The molecule has 1 fully saturated rings. The molecule has 1 aromatic rings. The first kappa shape index (κ1) is 20.2. The van der Waals surface area contributed by atoms with E-state index < -0.39 is 0 Å². The predicted octanol–water partition coefficient (Wildman–Crippen LogP) is 2.49. The van der Waals surface area contributed by atoms with Crippen molar-refractivity contribution in [3.8, 4) is 0 Å². The summed E-state index contributed by atoms with van der Waals surface area (Å²) in [4.78, 5) is 28.2. The van der Waals surface area contributed by atoms with Gasteiger partial charge in [-0.25, -0.2) is 0 Å². The number of nitrogens with one attached hydrogen (secondary N) is 1. The standard InChI is InChI=1S/C20H31N3O3/c1-5-22(6-2)17-9-10-18(15(3)14-17)23(16(4)24)12-11-21-20(25)19-8-7-13-26-19/h9-10,14,19H,5-8,11-13H2,1-4H3,(H,21,25). The summed E-state index contributed by atoms with van der Waals surface area (Å²) in [5, 5.41) is 2.88. The lowest BCUT2D eigenvalue weighted by Crippen LogP contribution is -2.41. The first-order chi connectivity index (χ1) is 12.5. The molecule has 0 radical (unpaired) electrons. The van der Waals surface area contributed by atoms with Crippen molar-refractivity contribution in [2.45, 2.75) is 46.6 Å². The van der Waals surface area contributed by atoms with Gasteiger partial charge in [0.2, 0.25) is 11.8 Å². The number of anilines is 2. The van der Waals surface area contributed by atoms with Gasteiger partial charge in [0.15, 0.2) is 0 Å². The van der Waals surface area contributed by atoms with Crippen molar-refractivity contribution in [3.05, 3.63) is 23.8 Å². The van der Waals surface area contributed by atoms with Crippen LogP contribution in [0.2, 0.25) is 0 Å². The Bertz CT molecular complexity index is 623. The SMILES string of the molecule is CCN(CC)c1ccc(N(CCNC(=O)C2CCCO2)C(C)=O)c(C)c1. The first-order valence-corrected chi connectivity index (χ1v) is 9.50. The van der Waals surface area contributed by atoms with Gasteiger partial charge in [-0.15, -0.1) is 0 Å². The highest BCUT2D eigenvalue weighted by Gasteiger charge is 2.23. The maximum Gasteiger partial charge on any atom is 0.249 e. The lowest BCUT2D eigenvalue weighted by atomic mass is 10.1. The van der Waals surface area contributed by atoms with Crippen LogP contribution in [0.1, 0.15) is 39.2 Å².